The van der Waals surface area contributed by atoms with E-state index < -0.39 is 5.60 Å². The lowest BCUT2D eigenvalue weighted by Crippen LogP contribution is -2.48. The highest BCUT2D eigenvalue weighted by atomic mass is 16.3. The van der Waals surface area contributed by atoms with E-state index in [1.165, 1.54) is 0 Å². The van der Waals surface area contributed by atoms with Gasteiger partial charge in [0.05, 0.1) is 0 Å². The molecule has 2 aliphatic rings. The summed E-state index contributed by atoms with van der Waals surface area (Å²) in [6.45, 7) is 3.75. The van der Waals surface area contributed by atoms with Gasteiger partial charge in [-0.3, -0.25) is 4.79 Å². The predicted octanol–water partition coefficient (Wildman–Crippen LogP) is 1.99. The number of carbonyl (C=O) groups excluding carboxylic acids is 1. The Morgan fingerprint density at radius 3 is 2.86 bits per heavy atom. The average Bonchev–Trinajstić information content (AvgIpc) is 2.13. The molecule has 1 N–H and O–H groups in total. The van der Waals surface area contributed by atoms with Crippen molar-refractivity contribution in [2.75, 3.05) is 0 Å². The van der Waals surface area contributed by atoms with Crippen molar-refractivity contribution in [1.82, 2.24) is 0 Å². The smallest absolute Gasteiger partial charge is 0.168 e. The Kier molecular flexibility index (Phi) is 1.93. The van der Waals surface area contributed by atoms with Gasteiger partial charge in [0.25, 0.3) is 0 Å². The highest BCUT2D eigenvalue weighted by molar-refractivity contribution is 5.91. The molecule has 0 heterocycles. The molecular formula is C12H16O2. The molecular weight excluding hydrogens is 176 g/mol. The first-order valence-corrected chi connectivity index (χ1v) is 5.10. The Morgan fingerprint density at radius 2 is 2.14 bits per heavy atom. The fraction of sp³-hybridized carbons (Fsp3) is 0.583. The number of rotatable bonds is 0. The Morgan fingerprint density at radius 1 is 1.43 bits per heavy atom. The summed E-state index contributed by atoms with van der Waals surface area (Å²) in [6, 6.07) is 0. The van der Waals surface area contributed by atoms with E-state index >= 15 is 0 Å². The second-order valence-corrected chi connectivity index (χ2v) is 4.77. The third-order valence-corrected chi connectivity index (χ3v) is 3.59. The van der Waals surface area contributed by atoms with E-state index in [0.717, 1.165) is 18.4 Å². The molecule has 0 aliphatic heterocycles. The van der Waals surface area contributed by atoms with Crippen molar-refractivity contribution >= 4 is 5.78 Å². The Bertz CT molecular complexity index is 336. The van der Waals surface area contributed by atoms with Crippen molar-refractivity contribution in [3.8, 4) is 0 Å². The molecule has 0 spiro atoms. The fourth-order valence-corrected chi connectivity index (χ4v) is 2.57. The Hall–Kier alpha value is -0.890. The SMILES string of the molecule is CC12CC=CC=C1C(C)(O)C(=O)CC2. The van der Waals surface area contributed by atoms with Gasteiger partial charge < -0.3 is 5.11 Å². The van der Waals surface area contributed by atoms with Crippen molar-refractivity contribution < 1.29 is 9.90 Å². The highest BCUT2D eigenvalue weighted by Crippen LogP contribution is 2.48. The van der Waals surface area contributed by atoms with Crippen LogP contribution in [0.15, 0.2) is 23.8 Å². The number of Topliss-reactive ketones (excluding diaryl/α,β-unsaturated/α-hetero) is 1. The summed E-state index contributed by atoms with van der Waals surface area (Å²) < 4.78 is 0. The minimum atomic E-state index is -1.24. The topological polar surface area (TPSA) is 37.3 Å². The number of allylic oxidation sites excluding steroid dienone is 3. The largest absolute Gasteiger partial charge is 0.378 e. The zero-order valence-electron chi connectivity index (χ0n) is 8.71. The maximum absolute atomic E-state index is 11.6. The lowest BCUT2D eigenvalue weighted by atomic mass is 9.62. The van der Waals surface area contributed by atoms with Crippen LogP contribution >= 0.6 is 0 Å². The quantitative estimate of drug-likeness (QED) is 0.637. The third-order valence-electron chi connectivity index (χ3n) is 3.59. The maximum atomic E-state index is 11.6. The van der Waals surface area contributed by atoms with E-state index in [2.05, 4.69) is 13.0 Å². The summed E-state index contributed by atoms with van der Waals surface area (Å²) in [5, 5.41) is 10.2. The molecule has 1 fully saturated rings. The van der Waals surface area contributed by atoms with Crippen LogP contribution in [0.25, 0.3) is 0 Å². The van der Waals surface area contributed by atoms with Gasteiger partial charge in [-0.2, -0.15) is 0 Å². The Labute approximate surface area is 84.3 Å². The highest BCUT2D eigenvalue weighted by Gasteiger charge is 2.48. The zero-order valence-corrected chi connectivity index (χ0v) is 8.71. The van der Waals surface area contributed by atoms with Crippen LogP contribution in [0.4, 0.5) is 0 Å². The number of aliphatic hydroxyl groups is 1. The second-order valence-electron chi connectivity index (χ2n) is 4.77. The van der Waals surface area contributed by atoms with Crippen molar-refractivity contribution in [1.29, 1.82) is 0 Å². The van der Waals surface area contributed by atoms with E-state index in [1.807, 2.05) is 12.2 Å². The van der Waals surface area contributed by atoms with Crippen molar-refractivity contribution in [3.05, 3.63) is 23.8 Å². The number of ketones is 1. The van der Waals surface area contributed by atoms with Gasteiger partial charge in [-0.05, 0) is 30.8 Å². The van der Waals surface area contributed by atoms with Gasteiger partial charge in [0.15, 0.2) is 5.78 Å². The van der Waals surface area contributed by atoms with Crippen molar-refractivity contribution in [2.24, 2.45) is 5.41 Å². The first-order chi connectivity index (χ1) is 6.47. The van der Waals surface area contributed by atoms with Gasteiger partial charge in [-0.1, -0.05) is 25.2 Å². The summed E-state index contributed by atoms with van der Waals surface area (Å²) in [5.41, 5.74) is -0.354. The summed E-state index contributed by atoms with van der Waals surface area (Å²) in [7, 11) is 0. The molecule has 2 aliphatic carbocycles. The van der Waals surface area contributed by atoms with Crippen LogP contribution in [0.5, 0.6) is 0 Å². The van der Waals surface area contributed by atoms with E-state index in [4.69, 9.17) is 0 Å². The molecule has 2 rings (SSSR count). The zero-order chi connectivity index (χ0) is 10.4. The lowest BCUT2D eigenvalue weighted by Gasteiger charge is -2.44. The van der Waals surface area contributed by atoms with Crippen LogP contribution in [-0.2, 0) is 4.79 Å². The molecule has 76 valence electrons. The fourth-order valence-electron chi connectivity index (χ4n) is 2.57. The summed E-state index contributed by atoms with van der Waals surface area (Å²) in [6.07, 6.45) is 8.23. The summed E-state index contributed by atoms with van der Waals surface area (Å²) >= 11 is 0. The summed E-state index contributed by atoms with van der Waals surface area (Å²) in [4.78, 5) is 11.6. The summed E-state index contributed by atoms with van der Waals surface area (Å²) in [5.74, 6) is -0.0449. The van der Waals surface area contributed by atoms with Gasteiger partial charge in [0.2, 0.25) is 0 Å². The molecule has 1 saturated carbocycles. The second kappa shape index (κ2) is 2.80. The minimum Gasteiger partial charge on any atom is -0.378 e. The van der Waals surface area contributed by atoms with E-state index in [9.17, 15) is 9.90 Å². The average molecular weight is 192 g/mol. The predicted molar refractivity (Wildman–Crippen MR) is 54.8 cm³/mol. The van der Waals surface area contributed by atoms with Gasteiger partial charge in [0, 0.05) is 6.42 Å². The lowest BCUT2D eigenvalue weighted by molar-refractivity contribution is -0.136. The molecule has 0 aromatic carbocycles. The molecule has 14 heavy (non-hydrogen) atoms. The van der Waals surface area contributed by atoms with Crippen LogP contribution < -0.4 is 0 Å². The first kappa shape index (κ1) is 9.66. The molecule has 0 bridgehead atoms. The van der Waals surface area contributed by atoms with E-state index in [0.29, 0.717) is 6.42 Å². The molecule has 0 saturated heterocycles. The molecule has 0 aromatic heterocycles. The van der Waals surface area contributed by atoms with Gasteiger partial charge in [0.1, 0.15) is 5.60 Å². The van der Waals surface area contributed by atoms with Crippen LogP contribution in [-0.4, -0.2) is 16.5 Å². The van der Waals surface area contributed by atoms with Gasteiger partial charge >= 0.3 is 0 Å². The number of hydrogen-bond donors (Lipinski definition) is 1. The maximum Gasteiger partial charge on any atom is 0.168 e. The molecule has 2 atom stereocenters. The Balaban J connectivity index is 2.48. The molecule has 0 amide bonds. The monoisotopic (exact) mass is 192 g/mol. The third kappa shape index (κ3) is 1.17. The van der Waals surface area contributed by atoms with Crippen LogP contribution in [0.3, 0.4) is 0 Å². The molecule has 2 unspecified atom stereocenters. The van der Waals surface area contributed by atoms with Crippen molar-refractivity contribution in [2.45, 2.75) is 38.7 Å². The minimum absolute atomic E-state index is 0.00778. The number of hydrogen-bond acceptors (Lipinski definition) is 2. The van der Waals surface area contributed by atoms with Crippen LogP contribution in [0, 0.1) is 5.41 Å². The van der Waals surface area contributed by atoms with Gasteiger partial charge in [-0.25, -0.2) is 0 Å². The van der Waals surface area contributed by atoms with E-state index in [-0.39, 0.29) is 11.2 Å². The molecule has 0 radical (unpaired) electrons. The number of carbonyl (C=O) groups is 1. The van der Waals surface area contributed by atoms with E-state index in [1.54, 1.807) is 6.92 Å². The number of fused-ring (bicyclic) bond motifs is 1. The molecule has 2 nitrogen and oxygen atoms in total. The normalized spacial score (nSPS) is 41.9. The molecule has 2 heteroatoms. The molecule has 0 aromatic rings. The van der Waals surface area contributed by atoms with Gasteiger partial charge in [-0.15, -0.1) is 0 Å². The standard InChI is InChI=1S/C12H16O2/c1-11-7-4-3-5-9(11)12(2,14)10(13)6-8-11/h3-5,14H,6-8H2,1-2H3. The van der Waals surface area contributed by atoms with Crippen LogP contribution in [0.1, 0.15) is 33.1 Å². The van der Waals surface area contributed by atoms with Crippen molar-refractivity contribution in [3.63, 3.8) is 0 Å². The first-order valence-electron chi connectivity index (χ1n) is 5.10. The van der Waals surface area contributed by atoms with Crippen LogP contribution in [0.2, 0.25) is 0 Å².